The summed E-state index contributed by atoms with van der Waals surface area (Å²) >= 11 is 5.99. The number of fused-ring (bicyclic) bond motifs is 1. The summed E-state index contributed by atoms with van der Waals surface area (Å²) in [5.41, 5.74) is 3.35. The third-order valence-electron chi connectivity index (χ3n) is 3.84. The summed E-state index contributed by atoms with van der Waals surface area (Å²) < 4.78 is 0. The molecule has 0 aliphatic carbocycles. The van der Waals surface area contributed by atoms with Crippen LogP contribution in [-0.2, 0) is 6.54 Å². The number of nitrogens with one attached hydrogen (secondary N) is 1. The highest BCUT2D eigenvalue weighted by atomic mass is 35.5. The van der Waals surface area contributed by atoms with Crippen molar-refractivity contribution in [3.05, 3.63) is 58.9 Å². The van der Waals surface area contributed by atoms with Gasteiger partial charge in [-0.05, 0) is 36.4 Å². The van der Waals surface area contributed by atoms with Gasteiger partial charge in [0, 0.05) is 37.4 Å². The predicted octanol–water partition coefficient (Wildman–Crippen LogP) is 3.55. The Balaban J connectivity index is 1.79. The molecule has 1 heterocycles. The molecule has 0 spiro atoms. The maximum absolute atomic E-state index is 12.6. The largest absolute Gasteiger partial charge is 0.378 e. The quantitative estimate of drug-likeness (QED) is 0.788. The molecular formula is C18H19ClN4O. The van der Waals surface area contributed by atoms with Crippen LogP contribution in [0.15, 0.2) is 42.5 Å². The average Bonchev–Trinajstić information content (AvgIpc) is 2.95. The van der Waals surface area contributed by atoms with Gasteiger partial charge in [0.05, 0.1) is 17.6 Å². The molecule has 0 unspecified atom stereocenters. The molecule has 3 rings (SSSR count). The van der Waals surface area contributed by atoms with Crippen LogP contribution in [0.2, 0.25) is 5.02 Å². The third kappa shape index (κ3) is 3.36. The number of carbonyl (C=O) groups excluding carboxylic acids is 1. The summed E-state index contributed by atoms with van der Waals surface area (Å²) in [5.74, 6) is 0.684. The van der Waals surface area contributed by atoms with Crippen molar-refractivity contribution in [3.8, 4) is 0 Å². The molecule has 3 aromatic rings. The van der Waals surface area contributed by atoms with Crippen molar-refractivity contribution in [2.45, 2.75) is 6.54 Å². The average molecular weight is 343 g/mol. The molecule has 0 bridgehead atoms. The number of amides is 1. The molecule has 1 amide bonds. The van der Waals surface area contributed by atoms with Gasteiger partial charge in [-0.1, -0.05) is 17.7 Å². The molecule has 0 atom stereocenters. The van der Waals surface area contributed by atoms with E-state index in [-0.39, 0.29) is 5.91 Å². The van der Waals surface area contributed by atoms with Crippen LogP contribution in [-0.4, -0.2) is 41.9 Å². The second kappa shape index (κ2) is 6.53. The van der Waals surface area contributed by atoms with Crippen LogP contribution < -0.4 is 4.90 Å². The first-order chi connectivity index (χ1) is 11.4. The van der Waals surface area contributed by atoms with E-state index in [4.69, 9.17) is 11.6 Å². The molecule has 0 fully saturated rings. The fourth-order valence-corrected chi connectivity index (χ4v) is 2.72. The van der Waals surface area contributed by atoms with E-state index < -0.39 is 0 Å². The van der Waals surface area contributed by atoms with Gasteiger partial charge in [0.1, 0.15) is 5.82 Å². The van der Waals surface area contributed by atoms with Gasteiger partial charge >= 0.3 is 0 Å². The van der Waals surface area contributed by atoms with Crippen LogP contribution >= 0.6 is 11.6 Å². The van der Waals surface area contributed by atoms with E-state index in [9.17, 15) is 4.79 Å². The van der Waals surface area contributed by atoms with Crippen molar-refractivity contribution in [1.29, 1.82) is 0 Å². The third-order valence-corrected chi connectivity index (χ3v) is 4.07. The lowest BCUT2D eigenvalue weighted by Crippen LogP contribution is -2.27. The highest BCUT2D eigenvalue weighted by molar-refractivity contribution is 6.31. The van der Waals surface area contributed by atoms with Gasteiger partial charge in [0.25, 0.3) is 5.91 Å². The molecule has 2 aromatic carbocycles. The maximum atomic E-state index is 12.6. The summed E-state index contributed by atoms with van der Waals surface area (Å²) in [4.78, 5) is 24.0. The Morgan fingerprint density at radius 3 is 2.71 bits per heavy atom. The fraction of sp³-hybridized carbons (Fsp3) is 0.222. The number of H-pyrrole nitrogens is 1. The summed E-state index contributed by atoms with van der Waals surface area (Å²) in [6.45, 7) is 0.400. The molecule has 0 aliphatic heterocycles. The van der Waals surface area contributed by atoms with Gasteiger partial charge in [0.2, 0.25) is 0 Å². The van der Waals surface area contributed by atoms with Crippen LogP contribution in [0.3, 0.4) is 0 Å². The second-order valence-electron chi connectivity index (χ2n) is 5.95. The van der Waals surface area contributed by atoms with Crippen LogP contribution in [0.4, 0.5) is 5.69 Å². The van der Waals surface area contributed by atoms with Crippen LogP contribution in [0.25, 0.3) is 11.0 Å². The van der Waals surface area contributed by atoms with E-state index in [0.29, 0.717) is 17.1 Å². The van der Waals surface area contributed by atoms with E-state index >= 15 is 0 Å². The standard InChI is InChI=1S/C18H19ClN4O/c1-22(2)14-6-4-5-12(9-14)18(24)23(3)11-17-20-15-8-7-13(19)10-16(15)21-17/h4-10H,11H2,1-3H3,(H,20,21). The highest BCUT2D eigenvalue weighted by Gasteiger charge is 2.14. The molecule has 0 aliphatic rings. The van der Waals surface area contributed by atoms with Crippen molar-refractivity contribution in [3.63, 3.8) is 0 Å². The Morgan fingerprint density at radius 1 is 1.17 bits per heavy atom. The minimum atomic E-state index is -0.0443. The lowest BCUT2D eigenvalue weighted by atomic mass is 10.1. The Morgan fingerprint density at radius 2 is 1.96 bits per heavy atom. The number of hydrogen-bond donors (Lipinski definition) is 1. The minimum absolute atomic E-state index is 0.0443. The Kier molecular flexibility index (Phi) is 4.44. The molecular weight excluding hydrogens is 324 g/mol. The zero-order valence-electron chi connectivity index (χ0n) is 13.9. The lowest BCUT2D eigenvalue weighted by molar-refractivity contribution is 0.0782. The Hall–Kier alpha value is -2.53. The number of anilines is 1. The van der Waals surface area contributed by atoms with E-state index in [1.54, 1.807) is 18.0 Å². The van der Waals surface area contributed by atoms with E-state index in [2.05, 4.69) is 9.97 Å². The first-order valence-corrected chi connectivity index (χ1v) is 7.99. The van der Waals surface area contributed by atoms with Gasteiger partial charge in [-0.25, -0.2) is 4.98 Å². The maximum Gasteiger partial charge on any atom is 0.254 e. The number of benzene rings is 2. The summed E-state index contributed by atoms with van der Waals surface area (Å²) in [7, 11) is 5.67. The molecule has 0 saturated carbocycles. The SMILES string of the molecule is CN(Cc1nc2ccc(Cl)cc2[nH]1)C(=O)c1cccc(N(C)C)c1. The number of halogens is 1. The number of imidazole rings is 1. The zero-order chi connectivity index (χ0) is 17.3. The van der Waals surface area contributed by atoms with Gasteiger partial charge in [-0.15, -0.1) is 0 Å². The van der Waals surface area contributed by atoms with Crippen molar-refractivity contribution in [2.24, 2.45) is 0 Å². The summed E-state index contributed by atoms with van der Waals surface area (Å²) in [6, 6.07) is 13.1. The molecule has 6 heteroatoms. The molecule has 1 aromatic heterocycles. The normalized spacial score (nSPS) is 10.8. The van der Waals surface area contributed by atoms with Crippen LogP contribution in [0.5, 0.6) is 0 Å². The molecule has 0 radical (unpaired) electrons. The number of nitrogens with zero attached hydrogens (tertiary/aromatic N) is 3. The van der Waals surface area contributed by atoms with E-state index in [1.165, 1.54) is 0 Å². The van der Waals surface area contributed by atoms with Crippen LogP contribution in [0, 0.1) is 0 Å². The topological polar surface area (TPSA) is 52.2 Å². The van der Waals surface area contributed by atoms with Crippen molar-refractivity contribution >= 4 is 34.2 Å². The van der Waals surface area contributed by atoms with E-state index in [1.807, 2.05) is 55.4 Å². The smallest absolute Gasteiger partial charge is 0.254 e. The zero-order valence-corrected chi connectivity index (χ0v) is 14.6. The molecule has 1 N–H and O–H groups in total. The van der Waals surface area contributed by atoms with Crippen LogP contribution in [0.1, 0.15) is 16.2 Å². The Labute approximate surface area is 145 Å². The van der Waals surface area contributed by atoms with Crippen molar-refractivity contribution in [1.82, 2.24) is 14.9 Å². The van der Waals surface area contributed by atoms with Gasteiger partial charge in [-0.3, -0.25) is 4.79 Å². The van der Waals surface area contributed by atoms with Crippen molar-refractivity contribution in [2.75, 3.05) is 26.0 Å². The highest BCUT2D eigenvalue weighted by Crippen LogP contribution is 2.19. The van der Waals surface area contributed by atoms with Gasteiger partial charge in [0.15, 0.2) is 0 Å². The number of carbonyl (C=O) groups is 1. The number of aromatic amines is 1. The molecule has 0 saturated heterocycles. The predicted molar refractivity (Wildman–Crippen MR) is 97.7 cm³/mol. The van der Waals surface area contributed by atoms with Gasteiger partial charge < -0.3 is 14.8 Å². The molecule has 124 valence electrons. The summed E-state index contributed by atoms with van der Waals surface area (Å²) in [6.07, 6.45) is 0. The second-order valence-corrected chi connectivity index (χ2v) is 6.39. The fourth-order valence-electron chi connectivity index (χ4n) is 2.54. The van der Waals surface area contributed by atoms with Gasteiger partial charge in [-0.2, -0.15) is 0 Å². The number of hydrogen-bond acceptors (Lipinski definition) is 3. The molecule has 24 heavy (non-hydrogen) atoms. The summed E-state index contributed by atoms with van der Waals surface area (Å²) in [5, 5.41) is 0.655. The molecule has 5 nitrogen and oxygen atoms in total. The monoisotopic (exact) mass is 342 g/mol. The number of aromatic nitrogens is 2. The lowest BCUT2D eigenvalue weighted by Gasteiger charge is -2.18. The van der Waals surface area contributed by atoms with E-state index in [0.717, 1.165) is 22.5 Å². The first-order valence-electron chi connectivity index (χ1n) is 7.61. The first kappa shape index (κ1) is 16.3. The Bertz CT molecular complexity index is 888. The minimum Gasteiger partial charge on any atom is -0.378 e. The van der Waals surface area contributed by atoms with Crippen molar-refractivity contribution < 1.29 is 4.79 Å². The number of rotatable bonds is 4.